The van der Waals surface area contributed by atoms with E-state index < -0.39 is 0 Å². The summed E-state index contributed by atoms with van der Waals surface area (Å²) in [4.78, 5) is 0. The van der Waals surface area contributed by atoms with Gasteiger partial charge in [-0.3, -0.25) is 0 Å². The first kappa shape index (κ1) is 12.2. The molecular formula is C16H23NO. The maximum absolute atomic E-state index is 6.12. The minimum atomic E-state index is 0.438. The summed E-state index contributed by atoms with van der Waals surface area (Å²) in [6.07, 6.45) is 6.77. The van der Waals surface area contributed by atoms with Gasteiger partial charge in [-0.05, 0) is 49.8 Å². The van der Waals surface area contributed by atoms with E-state index in [-0.39, 0.29) is 0 Å². The molecule has 18 heavy (non-hydrogen) atoms. The maximum atomic E-state index is 6.12. The van der Waals surface area contributed by atoms with E-state index in [4.69, 9.17) is 4.74 Å². The summed E-state index contributed by atoms with van der Waals surface area (Å²) in [6.45, 7) is 3.10. The number of fused-ring (bicyclic) bond motifs is 1. The van der Waals surface area contributed by atoms with Crippen molar-refractivity contribution in [1.82, 2.24) is 5.32 Å². The highest BCUT2D eigenvalue weighted by Gasteiger charge is 2.22. The van der Waals surface area contributed by atoms with Gasteiger partial charge in [-0.15, -0.1) is 0 Å². The molecule has 1 aliphatic heterocycles. The van der Waals surface area contributed by atoms with Crippen LogP contribution in [0, 0.1) is 0 Å². The Bertz CT molecular complexity index is 384. The Hall–Kier alpha value is -0.860. The minimum Gasteiger partial charge on any atom is -0.376 e. The highest BCUT2D eigenvalue weighted by Crippen LogP contribution is 2.31. The summed E-state index contributed by atoms with van der Waals surface area (Å²) in [5, 5.41) is 3.42. The van der Waals surface area contributed by atoms with Gasteiger partial charge in [0.1, 0.15) is 0 Å². The van der Waals surface area contributed by atoms with Gasteiger partial charge in [-0.25, -0.2) is 0 Å². The van der Waals surface area contributed by atoms with Crippen molar-refractivity contribution < 1.29 is 4.74 Å². The van der Waals surface area contributed by atoms with E-state index in [1.165, 1.54) is 37.7 Å². The molecular weight excluding hydrogens is 222 g/mol. The van der Waals surface area contributed by atoms with E-state index >= 15 is 0 Å². The van der Waals surface area contributed by atoms with Crippen LogP contribution in [0.5, 0.6) is 0 Å². The van der Waals surface area contributed by atoms with Gasteiger partial charge in [0.05, 0.1) is 12.7 Å². The molecule has 0 bridgehead atoms. The van der Waals surface area contributed by atoms with Crippen LogP contribution in [0.4, 0.5) is 0 Å². The van der Waals surface area contributed by atoms with Crippen LogP contribution in [0.2, 0.25) is 0 Å². The van der Waals surface area contributed by atoms with Crippen LogP contribution in [-0.4, -0.2) is 25.8 Å². The number of hydrogen-bond acceptors (Lipinski definition) is 2. The van der Waals surface area contributed by atoms with E-state index in [9.17, 15) is 0 Å². The molecule has 0 saturated carbocycles. The summed E-state index contributed by atoms with van der Waals surface area (Å²) < 4.78 is 6.12. The quantitative estimate of drug-likeness (QED) is 0.884. The summed E-state index contributed by atoms with van der Waals surface area (Å²) in [6, 6.07) is 8.90. The van der Waals surface area contributed by atoms with Crippen LogP contribution in [0.15, 0.2) is 24.3 Å². The second kappa shape index (κ2) is 5.85. The zero-order chi connectivity index (χ0) is 12.2. The van der Waals surface area contributed by atoms with E-state index in [1.807, 2.05) is 0 Å². The lowest BCUT2D eigenvalue weighted by atomic mass is 9.83. The molecule has 1 fully saturated rings. The summed E-state index contributed by atoms with van der Waals surface area (Å²) in [5.74, 6) is 0.622. The number of hydrogen-bond donors (Lipinski definition) is 1. The molecule has 1 aliphatic carbocycles. The zero-order valence-corrected chi connectivity index (χ0v) is 11.0. The van der Waals surface area contributed by atoms with Gasteiger partial charge in [0.25, 0.3) is 0 Å². The van der Waals surface area contributed by atoms with Crippen LogP contribution in [0.25, 0.3) is 0 Å². The van der Waals surface area contributed by atoms with Crippen molar-refractivity contribution in [3.63, 3.8) is 0 Å². The average Bonchev–Trinajstić information content (AvgIpc) is 2.46. The largest absolute Gasteiger partial charge is 0.376 e. The van der Waals surface area contributed by atoms with Gasteiger partial charge in [0, 0.05) is 12.5 Å². The second-order valence-electron chi connectivity index (χ2n) is 5.59. The lowest BCUT2D eigenvalue weighted by Crippen LogP contribution is -2.36. The maximum Gasteiger partial charge on any atom is 0.0700 e. The second-order valence-corrected chi connectivity index (χ2v) is 5.59. The summed E-state index contributed by atoms with van der Waals surface area (Å²) in [7, 11) is 0. The fourth-order valence-electron chi connectivity index (χ4n) is 3.24. The predicted octanol–water partition coefficient (Wildman–Crippen LogP) is 2.88. The zero-order valence-electron chi connectivity index (χ0n) is 11.0. The third kappa shape index (κ3) is 2.76. The third-order valence-corrected chi connectivity index (χ3v) is 4.28. The van der Waals surface area contributed by atoms with E-state index in [0.29, 0.717) is 12.0 Å². The molecule has 0 spiro atoms. The van der Waals surface area contributed by atoms with Gasteiger partial charge < -0.3 is 10.1 Å². The van der Waals surface area contributed by atoms with Crippen molar-refractivity contribution in [2.45, 2.75) is 44.1 Å². The molecule has 0 radical (unpaired) electrons. The lowest BCUT2D eigenvalue weighted by molar-refractivity contribution is 0.0259. The number of aryl methyl sites for hydroxylation is 1. The van der Waals surface area contributed by atoms with Gasteiger partial charge in [0.15, 0.2) is 0 Å². The van der Waals surface area contributed by atoms with Crippen LogP contribution < -0.4 is 5.32 Å². The van der Waals surface area contributed by atoms with Crippen molar-refractivity contribution in [2.24, 2.45) is 0 Å². The topological polar surface area (TPSA) is 21.3 Å². The molecule has 1 heterocycles. The first-order valence-electron chi connectivity index (χ1n) is 7.33. The summed E-state index contributed by atoms with van der Waals surface area (Å²) >= 11 is 0. The Kier molecular flexibility index (Phi) is 3.96. The Balaban J connectivity index is 1.60. The van der Waals surface area contributed by atoms with Crippen molar-refractivity contribution in [2.75, 3.05) is 19.7 Å². The van der Waals surface area contributed by atoms with Crippen LogP contribution >= 0.6 is 0 Å². The van der Waals surface area contributed by atoms with Crippen molar-refractivity contribution in [3.05, 3.63) is 35.4 Å². The molecule has 1 N–H and O–H groups in total. The van der Waals surface area contributed by atoms with Crippen LogP contribution in [-0.2, 0) is 11.2 Å². The molecule has 2 atom stereocenters. The van der Waals surface area contributed by atoms with E-state index in [2.05, 4.69) is 29.6 Å². The Morgan fingerprint density at radius 1 is 1.17 bits per heavy atom. The third-order valence-electron chi connectivity index (χ3n) is 4.28. The minimum absolute atomic E-state index is 0.438. The molecule has 1 aromatic rings. The molecule has 1 saturated heterocycles. The van der Waals surface area contributed by atoms with E-state index in [1.54, 1.807) is 5.56 Å². The number of nitrogens with one attached hydrogen (secondary N) is 1. The highest BCUT2D eigenvalue weighted by atomic mass is 16.5. The lowest BCUT2D eigenvalue weighted by Gasteiger charge is -2.29. The van der Waals surface area contributed by atoms with Crippen molar-refractivity contribution >= 4 is 0 Å². The fourth-order valence-corrected chi connectivity index (χ4v) is 3.24. The molecule has 0 amide bonds. The monoisotopic (exact) mass is 245 g/mol. The standard InChI is InChI=1S/C16H23NO/c1-2-9-16-13(5-1)6-3-7-14(16)12-18-15-8-4-10-17-11-15/h1-2,5,9,14-15,17H,3-4,6-8,10-12H2. The SMILES string of the molecule is c1ccc2c(c1)CCCC2COC1CCCNC1. The van der Waals surface area contributed by atoms with Gasteiger partial charge in [0.2, 0.25) is 0 Å². The first-order chi connectivity index (χ1) is 8.93. The summed E-state index contributed by atoms with van der Waals surface area (Å²) in [5.41, 5.74) is 3.08. The molecule has 2 nitrogen and oxygen atoms in total. The average molecular weight is 245 g/mol. The molecule has 3 rings (SSSR count). The molecule has 1 aromatic carbocycles. The first-order valence-corrected chi connectivity index (χ1v) is 7.33. The molecule has 0 aromatic heterocycles. The Labute approximate surface area is 110 Å². The number of piperidine rings is 1. The Morgan fingerprint density at radius 2 is 2.11 bits per heavy atom. The highest BCUT2D eigenvalue weighted by molar-refractivity contribution is 5.32. The van der Waals surface area contributed by atoms with Gasteiger partial charge in [-0.2, -0.15) is 0 Å². The number of ether oxygens (including phenoxy) is 1. The normalized spacial score (nSPS) is 27.8. The predicted molar refractivity (Wildman–Crippen MR) is 74.0 cm³/mol. The fraction of sp³-hybridized carbons (Fsp3) is 0.625. The smallest absolute Gasteiger partial charge is 0.0700 e. The number of rotatable bonds is 3. The molecule has 2 aliphatic rings. The van der Waals surface area contributed by atoms with Crippen LogP contribution in [0.3, 0.4) is 0 Å². The molecule has 2 unspecified atom stereocenters. The van der Waals surface area contributed by atoms with Gasteiger partial charge >= 0.3 is 0 Å². The van der Waals surface area contributed by atoms with Crippen molar-refractivity contribution in [1.29, 1.82) is 0 Å². The Morgan fingerprint density at radius 3 is 3.00 bits per heavy atom. The van der Waals surface area contributed by atoms with Crippen molar-refractivity contribution in [3.8, 4) is 0 Å². The molecule has 98 valence electrons. The number of benzene rings is 1. The van der Waals surface area contributed by atoms with Gasteiger partial charge in [-0.1, -0.05) is 24.3 Å². The van der Waals surface area contributed by atoms with Crippen LogP contribution in [0.1, 0.15) is 42.7 Å². The molecule has 2 heteroatoms. The van der Waals surface area contributed by atoms with E-state index in [0.717, 1.165) is 19.7 Å².